The van der Waals surface area contributed by atoms with E-state index in [2.05, 4.69) is 10.4 Å². The van der Waals surface area contributed by atoms with Crippen LogP contribution in [-0.4, -0.2) is 50.4 Å². The number of nitrogen functional groups attached to an aromatic ring is 1. The maximum Gasteiger partial charge on any atom is 0.294 e. The molecule has 2 aromatic carbocycles. The molecule has 12 nitrogen and oxygen atoms in total. The average Bonchev–Trinajstić information content (AvgIpc) is 3.00. The number of nitrogens with two attached hydrogens (primary N) is 1. The van der Waals surface area contributed by atoms with Gasteiger partial charge in [0.1, 0.15) is 0 Å². The van der Waals surface area contributed by atoms with Crippen LogP contribution in [0.1, 0.15) is 38.7 Å². The Morgan fingerprint density at radius 1 is 0.886 bits per heavy atom. The molecule has 0 saturated carbocycles. The van der Waals surface area contributed by atoms with Gasteiger partial charge in [-0.2, -0.15) is 25.3 Å². The van der Waals surface area contributed by atoms with Gasteiger partial charge in [0.05, 0.1) is 21.2 Å². The lowest BCUT2D eigenvalue weighted by molar-refractivity contribution is 0.473. The maximum absolute atomic E-state index is 11.3. The minimum absolute atomic E-state index is 0.151. The Bertz CT molecular complexity index is 1420. The van der Waals surface area contributed by atoms with Crippen LogP contribution in [-0.2, 0) is 35.8 Å². The number of hydrazine groups is 1. The average molecular weight is 550 g/mol. The predicted molar refractivity (Wildman–Crippen MR) is 131 cm³/mol. The van der Waals surface area contributed by atoms with Gasteiger partial charge in [-0.05, 0) is 67.8 Å². The van der Waals surface area contributed by atoms with E-state index in [1.54, 1.807) is 6.07 Å². The largest absolute Gasteiger partial charge is 0.324 e. The lowest BCUT2D eigenvalue weighted by atomic mass is 9.76. The molecule has 194 valence electrons. The first kappa shape index (κ1) is 28.8. The highest BCUT2D eigenvalue weighted by molar-refractivity contribution is 7.86. The second kappa shape index (κ2) is 10.7. The van der Waals surface area contributed by atoms with E-state index in [0.717, 1.165) is 5.71 Å². The predicted octanol–water partition coefficient (Wildman–Crippen LogP) is 2.57. The third-order valence-electron chi connectivity index (χ3n) is 5.59. The molecule has 1 aliphatic rings. The van der Waals surface area contributed by atoms with Crippen LogP contribution in [0.25, 0.3) is 0 Å². The zero-order valence-electron chi connectivity index (χ0n) is 18.9. The van der Waals surface area contributed by atoms with Crippen LogP contribution in [0.15, 0.2) is 57.2 Å². The second-order valence-corrected chi connectivity index (χ2v) is 12.5. The summed E-state index contributed by atoms with van der Waals surface area (Å²) in [5.74, 6) is 4.74. The molecule has 6 N–H and O–H groups in total. The number of fused-ring (bicyclic) bond motifs is 1. The molecule has 0 radical (unpaired) electrons. The van der Waals surface area contributed by atoms with Gasteiger partial charge in [-0.1, -0.05) is 13.3 Å². The highest BCUT2D eigenvalue weighted by Gasteiger charge is 2.37. The van der Waals surface area contributed by atoms with Gasteiger partial charge >= 0.3 is 0 Å². The van der Waals surface area contributed by atoms with Crippen LogP contribution < -0.4 is 11.3 Å². The van der Waals surface area contributed by atoms with Crippen molar-refractivity contribution in [2.24, 2.45) is 10.8 Å². The molecule has 0 spiro atoms. The number of rotatable bonds is 8. The van der Waals surface area contributed by atoms with Crippen LogP contribution >= 0.6 is 0 Å². The van der Waals surface area contributed by atoms with Crippen molar-refractivity contribution >= 4 is 47.4 Å². The molecule has 15 heteroatoms. The Kier molecular flexibility index (Phi) is 8.81. The Morgan fingerprint density at radius 2 is 1.43 bits per heavy atom. The summed E-state index contributed by atoms with van der Waals surface area (Å²) < 4.78 is 91.8. The first-order chi connectivity index (χ1) is 16.0. The van der Waals surface area contributed by atoms with Gasteiger partial charge in [0.15, 0.2) is 0 Å². The summed E-state index contributed by atoms with van der Waals surface area (Å²) in [4.78, 5) is 4.09. The van der Waals surface area contributed by atoms with Crippen LogP contribution in [0.5, 0.6) is 0 Å². The second-order valence-electron chi connectivity index (χ2n) is 8.07. The van der Waals surface area contributed by atoms with Crippen molar-refractivity contribution in [3.05, 3.63) is 48.0 Å². The highest BCUT2D eigenvalue weighted by atomic mass is 32.2. The molecule has 0 amide bonds. The number of nitrogens with one attached hydrogen (secondary N) is 1. The Morgan fingerprint density at radius 3 is 1.91 bits per heavy atom. The number of unbranched alkanes of at least 4 members (excludes halogenated alkanes) is 1. The number of hydrogen-bond donors (Lipinski definition) is 5. The van der Waals surface area contributed by atoms with E-state index in [4.69, 9.17) is 14.9 Å². The third kappa shape index (κ3) is 7.79. The minimum Gasteiger partial charge on any atom is -0.324 e. The van der Waals surface area contributed by atoms with E-state index in [9.17, 15) is 29.8 Å². The first-order valence-corrected chi connectivity index (χ1v) is 14.6. The normalized spacial score (nSPS) is 17.7. The number of nitrogens with zero attached hydrogens (tertiary/aromatic N) is 1. The Hall–Kier alpha value is -2.40. The van der Waals surface area contributed by atoms with Crippen molar-refractivity contribution in [3.8, 4) is 0 Å². The van der Waals surface area contributed by atoms with Gasteiger partial charge < -0.3 is 5.43 Å². The summed E-state index contributed by atoms with van der Waals surface area (Å²) in [5.41, 5.74) is 4.50. The number of hydrogen-bond acceptors (Lipinski definition) is 9. The minimum atomic E-state index is -4.30. The van der Waals surface area contributed by atoms with Crippen LogP contribution in [0.3, 0.4) is 0 Å². The van der Waals surface area contributed by atoms with E-state index in [1.165, 1.54) is 36.4 Å². The Labute approximate surface area is 204 Å². The van der Waals surface area contributed by atoms with Crippen molar-refractivity contribution in [3.63, 3.8) is 0 Å². The van der Waals surface area contributed by atoms with Crippen LogP contribution in [0.4, 0.5) is 11.4 Å². The lowest BCUT2D eigenvalue weighted by Crippen LogP contribution is -2.28. The summed E-state index contributed by atoms with van der Waals surface area (Å²) in [7, 11) is -12.4. The molecule has 35 heavy (non-hydrogen) atoms. The van der Waals surface area contributed by atoms with E-state index in [0.29, 0.717) is 36.2 Å². The van der Waals surface area contributed by atoms with Crippen molar-refractivity contribution in [2.45, 2.75) is 48.3 Å². The summed E-state index contributed by atoms with van der Waals surface area (Å²) in [6.07, 6.45) is 1.38. The molecule has 0 saturated heterocycles. The molecule has 0 fully saturated rings. The van der Waals surface area contributed by atoms with Gasteiger partial charge in [0.25, 0.3) is 30.4 Å². The molecule has 0 aliphatic carbocycles. The SMILES string of the molecule is CC1=Nc2ccc(S(=O)(=O)O)cc2C1(C)CCCCS(=O)(=O)O.NNc1ccc(S(=O)(=O)O)cc1. The zero-order valence-corrected chi connectivity index (χ0v) is 21.4. The molecule has 1 unspecified atom stereocenters. The van der Waals surface area contributed by atoms with Gasteiger partial charge in [-0.25, -0.2) is 0 Å². The van der Waals surface area contributed by atoms with Crippen molar-refractivity contribution in [2.75, 3.05) is 11.2 Å². The quantitative estimate of drug-likeness (QED) is 0.140. The summed E-state index contributed by atoms with van der Waals surface area (Å²) in [5, 5.41) is 0. The van der Waals surface area contributed by atoms with Crippen molar-refractivity contribution in [1.82, 2.24) is 0 Å². The molecule has 3 rings (SSSR count). The van der Waals surface area contributed by atoms with E-state index in [1.807, 2.05) is 13.8 Å². The molecule has 1 aliphatic heterocycles. The summed E-state index contributed by atoms with van der Waals surface area (Å²) >= 11 is 0. The number of anilines is 1. The maximum atomic E-state index is 11.3. The van der Waals surface area contributed by atoms with Gasteiger partial charge in [-0.3, -0.25) is 24.5 Å². The van der Waals surface area contributed by atoms with E-state index in [-0.39, 0.29) is 15.5 Å². The smallest absolute Gasteiger partial charge is 0.294 e. The molecule has 2 aromatic rings. The highest BCUT2D eigenvalue weighted by Crippen LogP contribution is 2.44. The molecular formula is C20H27N3O9S3. The van der Waals surface area contributed by atoms with Crippen molar-refractivity contribution < 1.29 is 38.9 Å². The molecule has 1 heterocycles. The third-order valence-corrected chi connectivity index (χ3v) is 8.12. The molecular weight excluding hydrogens is 522 g/mol. The first-order valence-electron chi connectivity index (χ1n) is 10.1. The monoisotopic (exact) mass is 549 g/mol. The lowest BCUT2D eigenvalue weighted by Gasteiger charge is -2.26. The van der Waals surface area contributed by atoms with Crippen LogP contribution in [0, 0.1) is 0 Å². The molecule has 0 bridgehead atoms. The van der Waals surface area contributed by atoms with E-state index < -0.39 is 35.8 Å². The zero-order chi connectivity index (χ0) is 26.7. The molecule has 0 aromatic heterocycles. The van der Waals surface area contributed by atoms with Crippen LogP contribution in [0.2, 0.25) is 0 Å². The van der Waals surface area contributed by atoms with Crippen molar-refractivity contribution in [1.29, 1.82) is 0 Å². The van der Waals surface area contributed by atoms with Gasteiger partial charge in [0.2, 0.25) is 0 Å². The fraction of sp³-hybridized carbons (Fsp3) is 0.350. The van der Waals surface area contributed by atoms with Gasteiger partial charge in [0, 0.05) is 16.8 Å². The fourth-order valence-electron chi connectivity index (χ4n) is 3.52. The summed E-state index contributed by atoms with van der Waals surface area (Å²) in [6, 6.07) is 9.66. The topological polar surface area (TPSA) is 214 Å². The number of aliphatic imine (C=N–C) groups is 1. The standard InChI is InChI=1S/C14H19NO6S2.C6H8N2O3S/c1-10-14(2,7-3-4-8-22(16,17)18)12-9-11(23(19,20)21)5-6-13(12)15-10;7-8-5-1-3-6(4-2-5)12(9,10)11/h5-6,9H,3-4,7-8H2,1-2H3,(H,16,17,18)(H,19,20,21);1-4,8H,7H2,(H,9,10,11). The van der Waals surface area contributed by atoms with E-state index >= 15 is 0 Å². The molecule has 1 atom stereocenters. The number of benzene rings is 2. The fourth-order valence-corrected chi connectivity index (χ4v) is 5.07. The van der Waals surface area contributed by atoms with Gasteiger partial charge in [-0.15, -0.1) is 0 Å². The Balaban J connectivity index is 0.000000303. The summed E-state index contributed by atoms with van der Waals surface area (Å²) in [6.45, 7) is 3.73.